The molecule has 9 heteroatoms. The number of non-ortho nitro benzene ring substituents is 1. The molecule has 23 heavy (non-hydrogen) atoms. The molecule has 2 rings (SSSR count). The van der Waals surface area contributed by atoms with Crippen LogP contribution in [0.5, 0.6) is 0 Å². The quantitative estimate of drug-likeness (QED) is 0.355. The molecule has 1 fully saturated rings. The van der Waals surface area contributed by atoms with Crippen LogP contribution >= 0.6 is 0 Å². The second-order valence-electron chi connectivity index (χ2n) is 5.37. The summed E-state index contributed by atoms with van der Waals surface area (Å²) in [4.78, 5) is 14.7. The number of nitrogens with zero attached hydrogens (tertiary/aromatic N) is 2. The van der Waals surface area contributed by atoms with Crippen LogP contribution in [0.4, 0.5) is 5.69 Å². The van der Waals surface area contributed by atoms with Crippen molar-refractivity contribution in [2.45, 2.75) is 25.9 Å². The van der Waals surface area contributed by atoms with Crippen molar-refractivity contribution in [3.05, 3.63) is 39.9 Å². The zero-order chi connectivity index (χ0) is 16.9. The van der Waals surface area contributed by atoms with Crippen molar-refractivity contribution >= 4 is 21.5 Å². The fourth-order valence-corrected chi connectivity index (χ4v) is 4.03. The molecule has 0 radical (unpaired) electrons. The van der Waals surface area contributed by atoms with Gasteiger partial charge >= 0.3 is 0 Å². The van der Waals surface area contributed by atoms with Crippen LogP contribution in [0.2, 0.25) is 0 Å². The van der Waals surface area contributed by atoms with E-state index in [9.17, 15) is 18.5 Å². The van der Waals surface area contributed by atoms with Crippen molar-refractivity contribution in [3.8, 4) is 0 Å². The highest BCUT2D eigenvalue weighted by Crippen LogP contribution is 2.14. The molecule has 0 bridgehead atoms. The zero-order valence-corrected chi connectivity index (χ0v) is 13.7. The first kappa shape index (κ1) is 17.2. The summed E-state index contributed by atoms with van der Waals surface area (Å²) in [5.74, 6) is 0.810. The Bertz CT molecular complexity index is 702. The van der Waals surface area contributed by atoms with E-state index in [1.54, 1.807) is 12.1 Å². The summed E-state index contributed by atoms with van der Waals surface area (Å²) in [6, 6.07) is 6.14. The smallest absolute Gasteiger partial charge is 0.269 e. The third kappa shape index (κ3) is 5.20. The van der Waals surface area contributed by atoms with Crippen LogP contribution in [0.15, 0.2) is 29.3 Å². The molecule has 1 aromatic carbocycles. The summed E-state index contributed by atoms with van der Waals surface area (Å²) in [5.41, 5.74) is 0.744. The van der Waals surface area contributed by atoms with E-state index >= 15 is 0 Å². The molecular weight excluding hydrogens is 320 g/mol. The van der Waals surface area contributed by atoms with Crippen LogP contribution in [-0.2, 0) is 16.4 Å². The van der Waals surface area contributed by atoms with Gasteiger partial charge in [-0.3, -0.25) is 10.1 Å². The maximum Gasteiger partial charge on any atom is 0.269 e. The molecule has 1 atom stereocenters. The van der Waals surface area contributed by atoms with Gasteiger partial charge < -0.3 is 10.6 Å². The molecule has 0 amide bonds. The van der Waals surface area contributed by atoms with Gasteiger partial charge in [0.2, 0.25) is 0 Å². The Kier molecular flexibility index (Phi) is 5.54. The first-order valence-electron chi connectivity index (χ1n) is 7.38. The summed E-state index contributed by atoms with van der Waals surface area (Å²) in [6.45, 7) is 2.83. The molecule has 1 heterocycles. The molecule has 2 N–H and O–H groups in total. The van der Waals surface area contributed by atoms with Gasteiger partial charge in [0.25, 0.3) is 5.69 Å². The molecule has 0 aliphatic carbocycles. The Morgan fingerprint density at radius 2 is 2.26 bits per heavy atom. The molecule has 1 aliphatic rings. The van der Waals surface area contributed by atoms with Gasteiger partial charge in [-0.2, -0.15) is 0 Å². The SMILES string of the molecule is CCNC(=NCc1cccc([N+](=O)[O-])c1)NC1CCS(=O)(=O)C1. The largest absolute Gasteiger partial charge is 0.357 e. The zero-order valence-electron chi connectivity index (χ0n) is 12.9. The van der Waals surface area contributed by atoms with Gasteiger partial charge in [0.15, 0.2) is 15.8 Å². The fourth-order valence-electron chi connectivity index (χ4n) is 2.36. The lowest BCUT2D eigenvalue weighted by Gasteiger charge is -2.15. The maximum atomic E-state index is 11.5. The second-order valence-corrected chi connectivity index (χ2v) is 7.60. The van der Waals surface area contributed by atoms with Crippen molar-refractivity contribution < 1.29 is 13.3 Å². The van der Waals surface area contributed by atoms with E-state index in [-0.39, 0.29) is 29.8 Å². The standard InChI is InChI=1S/C14H20N4O4S/c1-2-15-14(17-12-6-7-23(21,22)10-12)16-9-11-4-3-5-13(8-11)18(19)20/h3-5,8,12H,2,6-7,9-10H2,1H3,(H2,15,16,17). The summed E-state index contributed by atoms with van der Waals surface area (Å²) in [7, 11) is -2.96. The topological polar surface area (TPSA) is 114 Å². The molecule has 1 unspecified atom stereocenters. The van der Waals surface area contributed by atoms with Crippen LogP contribution in [0.3, 0.4) is 0 Å². The lowest BCUT2D eigenvalue weighted by Crippen LogP contribution is -2.44. The third-order valence-corrected chi connectivity index (χ3v) is 5.23. The van der Waals surface area contributed by atoms with Crippen molar-refractivity contribution in [1.29, 1.82) is 0 Å². The molecule has 1 aromatic rings. The Morgan fingerprint density at radius 3 is 2.87 bits per heavy atom. The number of rotatable bonds is 5. The third-order valence-electron chi connectivity index (χ3n) is 3.46. The molecule has 0 spiro atoms. The number of hydrogen-bond donors (Lipinski definition) is 2. The molecule has 8 nitrogen and oxygen atoms in total. The van der Waals surface area contributed by atoms with E-state index < -0.39 is 14.8 Å². The minimum Gasteiger partial charge on any atom is -0.357 e. The second kappa shape index (κ2) is 7.40. The van der Waals surface area contributed by atoms with Gasteiger partial charge in [0, 0.05) is 24.7 Å². The number of nitro benzene ring substituents is 1. The average molecular weight is 340 g/mol. The predicted molar refractivity (Wildman–Crippen MR) is 88.1 cm³/mol. The predicted octanol–water partition coefficient (Wildman–Crippen LogP) is 0.837. The normalized spacial score (nSPS) is 20.2. The van der Waals surface area contributed by atoms with E-state index in [0.29, 0.717) is 18.9 Å². The number of benzene rings is 1. The number of hydrogen-bond acceptors (Lipinski definition) is 5. The van der Waals surface area contributed by atoms with Gasteiger partial charge in [-0.15, -0.1) is 0 Å². The van der Waals surface area contributed by atoms with Gasteiger partial charge in [-0.1, -0.05) is 12.1 Å². The summed E-state index contributed by atoms with van der Waals surface area (Å²) in [6.07, 6.45) is 0.559. The van der Waals surface area contributed by atoms with Crippen molar-refractivity contribution in [2.75, 3.05) is 18.1 Å². The fraction of sp³-hybridized carbons (Fsp3) is 0.500. The van der Waals surface area contributed by atoms with Gasteiger partial charge in [-0.05, 0) is 18.9 Å². The first-order chi connectivity index (χ1) is 10.9. The van der Waals surface area contributed by atoms with Crippen LogP contribution in [-0.4, -0.2) is 43.4 Å². The molecule has 0 saturated carbocycles. The minimum absolute atomic E-state index is 0.0255. The Hall–Kier alpha value is -2.16. The number of nitro groups is 1. The summed E-state index contributed by atoms with van der Waals surface area (Å²) < 4.78 is 23.0. The number of aliphatic imine (C=N–C) groups is 1. The summed E-state index contributed by atoms with van der Waals surface area (Å²) in [5, 5.41) is 16.9. The van der Waals surface area contributed by atoms with Crippen LogP contribution in [0.1, 0.15) is 18.9 Å². The maximum absolute atomic E-state index is 11.5. The Morgan fingerprint density at radius 1 is 1.48 bits per heavy atom. The first-order valence-corrected chi connectivity index (χ1v) is 9.20. The highest BCUT2D eigenvalue weighted by atomic mass is 32.2. The van der Waals surface area contributed by atoms with E-state index in [0.717, 1.165) is 5.56 Å². The van der Waals surface area contributed by atoms with Gasteiger partial charge in [0.05, 0.1) is 23.0 Å². The average Bonchev–Trinajstić information content (AvgIpc) is 2.84. The number of guanidine groups is 1. The lowest BCUT2D eigenvalue weighted by atomic mass is 10.2. The molecule has 0 aromatic heterocycles. The van der Waals surface area contributed by atoms with E-state index in [4.69, 9.17) is 0 Å². The minimum atomic E-state index is -2.96. The number of sulfone groups is 1. The molecule has 126 valence electrons. The van der Waals surface area contributed by atoms with Crippen LogP contribution in [0, 0.1) is 10.1 Å². The highest BCUT2D eigenvalue weighted by molar-refractivity contribution is 7.91. The lowest BCUT2D eigenvalue weighted by molar-refractivity contribution is -0.384. The number of nitrogens with one attached hydrogen (secondary N) is 2. The van der Waals surface area contributed by atoms with E-state index in [2.05, 4.69) is 15.6 Å². The summed E-state index contributed by atoms with van der Waals surface area (Å²) >= 11 is 0. The molecular formula is C14H20N4O4S. The van der Waals surface area contributed by atoms with Crippen LogP contribution < -0.4 is 10.6 Å². The molecule has 1 saturated heterocycles. The molecule has 1 aliphatic heterocycles. The Labute approximate surface area is 135 Å². The van der Waals surface area contributed by atoms with Gasteiger partial charge in [0.1, 0.15) is 0 Å². The van der Waals surface area contributed by atoms with E-state index in [1.165, 1.54) is 12.1 Å². The highest BCUT2D eigenvalue weighted by Gasteiger charge is 2.28. The van der Waals surface area contributed by atoms with Gasteiger partial charge in [-0.25, -0.2) is 13.4 Å². The van der Waals surface area contributed by atoms with Crippen molar-refractivity contribution in [2.24, 2.45) is 4.99 Å². The van der Waals surface area contributed by atoms with Crippen molar-refractivity contribution in [1.82, 2.24) is 10.6 Å². The van der Waals surface area contributed by atoms with E-state index in [1.807, 2.05) is 6.92 Å². The van der Waals surface area contributed by atoms with Crippen molar-refractivity contribution in [3.63, 3.8) is 0 Å². The van der Waals surface area contributed by atoms with Crippen LogP contribution in [0.25, 0.3) is 0 Å². The Balaban J connectivity index is 2.04. The monoisotopic (exact) mass is 340 g/mol.